The molecule has 2 saturated heterocycles. The molecule has 5 heterocycles. The molecule has 1 amide bonds. The van der Waals surface area contributed by atoms with Gasteiger partial charge in [-0.05, 0) is 37.1 Å². The Bertz CT molecular complexity index is 1090. The van der Waals surface area contributed by atoms with Gasteiger partial charge in [0.15, 0.2) is 5.60 Å². The fraction of sp³-hybridized carbons (Fsp3) is 0.400. The maximum atomic E-state index is 13.2. The fourth-order valence-corrected chi connectivity index (χ4v) is 4.71. The number of halogens is 1. The zero-order valence-corrected chi connectivity index (χ0v) is 15.4. The van der Waals surface area contributed by atoms with Crippen molar-refractivity contribution in [1.29, 1.82) is 0 Å². The van der Waals surface area contributed by atoms with Gasteiger partial charge in [0.2, 0.25) is 5.88 Å². The minimum absolute atomic E-state index is 0.0218. The summed E-state index contributed by atoms with van der Waals surface area (Å²) in [5.41, 5.74) is 0.654. The van der Waals surface area contributed by atoms with Gasteiger partial charge in [0, 0.05) is 19.0 Å². The molecule has 0 bridgehead atoms. The molecule has 2 atom stereocenters. The molecule has 1 saturated carbocycles. The molecule has 0 radical (unpaired) electrons. The first-order valence-corrected chi connectivity index (χ1v) is 9.70. The van der Waals surface area contributed by atoms with Crippen LogP contribution in [0.25, 0.3) is 5.52 Å². The number of carbonyl (C=O) groups is 1. The van der Waals surface area contributed by atoms with Gasteiger partial charge in [0.1, 0.15) is 30.0 Å². The molecule has 1 aliphatic carbocycles. The van der Waals surface area contributed by atoms with Crippen LogP contribution in [0, 0.1) is 5.82 Å². The minimum atomic E-state index is -0.834. The molecule has 8 nitrogen and oxygen atoms in total. The third kappa shape index (κ3) is 2.46. The molecule has 3 aromatic heterocycles. The Hall–Kier alpha value is -3.07. The molecule has 2 unspecified atom stereocenters. The maximum Gasteiger partial charge on any atom is 0.257 e. The van der Waals surface area contributed by atoms with Crippen molar-refractivity contribution in [3.05, 3.63) is 54.5 Å². The van der Waals surface area contributed by atoms with E-state index < -0.39 is 5.60 Å². The second kappa shape index (κ2) is 5.96. The third-order valence-electron chi connectivity index (χ3n) is 6.10. The van der Waals surface area contributed by atoms with Crippen LogP contribution in [0.1, 0.15) is 37.4 Å². The lowest BCUT2D eigenvalue weighted by Crippen LogP contribution is -2.56. The topological polar surface area (TPSA) is 81.9 Å². The number of fused-ring (bicyclic) bond motifs is 2. The molecular weight excluding hydrogens is 377 g/mol. The Morgan fingerprint density at radius 2 is 2.10 bits per heavy atom. The Labute approximate surface area is 165 Å². The Morgan fingerprint density at radius 1 is 1.21 bits per heavy atom. The first kappa shape index (κ1) is 16.8. The lowest BCUT2D eigenvalue weighted by Gasteiger charge is -2.41. The predicted molar refractivity (Wildman–Crippen MR) is 97.3 cm³/mol. The summed E-state index contributed by atoms with van der Waals surface area (Å²) in [4.78, 5) is 23.4. The second-order valence-electron chi connectivity index (χ2n) is 7.82. The number of amides is 1. The van der Waals surface area contributed by atoms with E-state index in [0.717, 1.165) is 18.4 Å². The summed E-state index contributed by atoms with van der Waals surface area (Å²) >= 11 is 0. The molecule has 1 spiro atoms. The predicted octanol–water partition coefficient (Wildman–Crippen LogP) is 2.26. The molecule has 148 valence electrons. The van der Waals surface area contributed by atoms with Crippen molar-refractivity contribution in [2.24, 2.45) is 0 Å². The smallest absolute Gasteiger partial charge is 0.257 e. The van der Waals surface area contributed by atoms with Gasteiger partial charge in [-0.15, -0.1) is 0 Å². The Balaban J connectivity index is 1.18. The molecule has 0 aromatic carbocycles. The second-order valence-corrected chi connectivity index (χ2v) is 7.82. The van der Waals surface area contributed by atoms with Crippen LogP contribution in [-0.2, 0) is 9.53 Å². The summed E-state index contributed by atoms with van der Waals surface area (Å²) in [6, 6.07) is 6.61. The van der Waals surface area contributed by atoms with E-state index in [-0.39, 0.29) is 30.1 Å². The van der Waals surface area contributed by atoms with Crippen molar-refractivity contribution in [3.63, 3.8) is 0 Å². The van der Waals surface area contributed by atoms with Gasteiger partial charge >= 0.3 is 0 Å². The van der Waals surface area contributed by atoms with Gasteiger partial charge < -0.3 is 14.4 Å². The molecule has 29 heavy (non-hydrogen) atoms. The largest absolute Gasteiger partial charge is 0.473 e. The van der Waals surface area contributed by atoms with E-state index in [1.807, 2.05) is 18.3 Å². The van der Waals surface area contributed by atoms with Crippen LogP contribution in [0.3, 0.4) is 0 Å². The van der Waals surface area contributed by atoms with Gasteiger partial charge in [-0.1, -0.05) is 0 Å². The van der Waals surface area contributed by atoms with Gasteiger partial charge in [-0.25, -0.2) is 8.91 Å². The lowest BCUT2D eigenvalue weighted by atomic mass is 9.76. The fourth-order valence-electron chi connectivity index (χ4n) is 4.71. The number of aromatic nitrogens is 4. The highest BCUT2D eigenvalue weighted by molar-refractivity contribution is 5.89. The van der Waals surface area contributed by atoms with Crippen LogP contribution in [0.2, 0.25) is 0 Å². The van der Waals surface area contributed by atoms with Crippen LogP contribution in [0.4, 0.5) is 4.39 Å². The number of nitrogens with zero attached hydrogens (tertiary/aromatic N) is 5. The van der Waals surface area contributed by atoms with Crippen molar-refractivity contribution < 1.29 is 18.7 Å². The SMILES string of the molecule is O=C1N2C(CCC2c2ccc(F)cn2)OC12CC(Oc1ncnn3cccc13)C2. The summed E-state index contributed by atoms with van der Waals surface area (Å²) < 4.78 is 27.1. The molecule has 3 fully saturated rings. The highest BCUT2D eigenvalue weighted by Crippen LogP contribution is 2.51. The van der Waals surface area contributed by atoms with E-state index in [4.69, 9.17) is 9.47 Å². The van der Waals surface area contributed by atoms with Crippen LogP contribution >= 0.6 is 0 Å². The number of pyridine rings is 1. The minimum Gasteiger partial charge on any atom is -0.473 e. The standard InChI is InChI=1S/C20H18FN5O3/c21-12-3-4-14(22-10-12)15-5-6-17-26(15)19(27)20(29-17)8-13(9-20)28-18-16-2-1-7-25(16)24-11-23-18/h1-4,7,10-11,13,15,17H,5-6,8-9H2. The van der Waals surface area contributed by atoms with Gasteiger partial charge in [-0.3, -0.25) is 9.78 Å². The van der Waals surface area contributed by atoms with E-state index in [2.05, 4.69) is 15.1 Å². The van der Waals surface area contributed by atoms with E-state index >= 15 is 0 Å². The average molecular weight is 395 g/mol. The number of rotatable bonds is 3. The van der Waals surface area contributed by atoms with Gasteiger partial charge in [0.05, 0.1) is 17.9 Å². The number of carbonyl (C=O) groups excluding carboxylic acids is 1. The van der Waals surface area contributed by atoms with Crippen LogP contribution < -0.4 is 4.74 Å². The summed E-state index contributed by atoms with van der Waals surface area (Å²) in [6.45, 7) is 0. The molecule has 0 N–H and O–H groups in total. The number of hydrogen-bond donors (Lipinski definition) is 0. The van der Waals surface area contributed by atoms with Crippen LogP contribution in [0.15, 0.2) is 43.0 Å². The van der Waals surface area contributed by atoms with E-state index in [1.165, 1.54) is 18.6 Å². The number of hydrogen-bond acceptors (Lipinski definition) is 6. The monoisotopic (exact) mass is 395 g/mol. The van der Waals surface area contributed by atoms with Gasteiger partial charge in [-0.2, -0.15) is 10.1 Å². The third-order valence-corrected chi connectivity index (χ3v) is 6.10. The Morgan fingerprint density at radius 3 is 2.93 bits per heavy atom. The van der Waals surface area contributed by atoms with Crippen molar-refractivity contribution in [2.45, 2.75) is 49.7 Å². The molecule has 3 aromatic rings. The maximum absolute atomic E-state index is 13.2. The van der Waals surface area contributed by atoms with E-state index in [0.29, 0.717) is 24.4 Å². The molecular formula is C20H18FN5O3. The van der Waals surface area contributed by atoms with E-state index in [1.54, 1.807) is 15.5 Å². The lowest BCUT2D eigenvalue weighted by molar-refractivity contribution is -0.162. The van der Waals surface area contributed by atoms with Crippen molar-refractivity contribution in [1.82, 2.24) is 24.5 Å². The quantitative estimate of drug-likeness (QED) is 0.677. The molecule has 6 rings (SSSR count). The summed E-state index contributed by atoms with van der Waals surface area (Å²) in [5, 5.41) is 4.13. The highest BCUT2D eigenvalue weighted by atomic mass is 19.1. The summed E-state index contributed by atoms with van der Waals surface area (Å²) in [7, 11) is 0. The van der Waals surface area contributed by atoms with Crippen molar-refractivity contribution in [3.8, 4) is 5.88 Å². The zero-order valence-electron chi connectivity index (χ0n) is 15.4. The van der Waals surface area contributed by atoms with Gasteiger partial charge in [0.25, 0.3) is 5.91 Å². The average Bonchev–Trinajstić information content (AvgIpc) is 3.39. The summed E-state index contributed by atoms with van der Waals surface area (Å²) in [6.07, 6.45) is 6.55. The highest BCUT2D eigenvalue weighted by Gasteiger charge is 2.63. The Kier molecular flexibility index (Phi) is 3.46. The first-order chi connectivity index (χ1) is 14.1. The molecule has 9 heteroatoms. The molecule has 3 aliphatic rings. The summed E-state index contributed by atoms with van der Waals surface area (Å²) in [5.74, 6) is 0.0974. The first-order valence-electron chi connectivity index (χ1n) is 9.70. The van der Waals surface area contributed by atoms with Crippen LogP contribution in [-0.4, -0.2) is 48.3 Å². The normalized spacial score (nSPS) is 30.7. The van der Waals surface area contributed by atoms with E-state index in [9.17, 15) is 9.18 Å². The van der Waals surface area contributed by atoms with Crippen LogP contribution in [0.5, 0.6) is 5.88 Å². The van der Waals surface area contributed by atoms with Crippen molar-refractivity contribution >= 4 is 11.4 Å². The molecule has 2 aliphatic heterocycles. The number of ether oxygens (including phenoxy) is 2. The van der Waals surface area contributed by atoms with Crippen molar-refractivity contribution in [2.75, 3.05) is 0 Å². The zero-order chi connectivity index (χ0) is 19.6.